The number of nitrogens with one attached hydrogen (secondary N) is 3. The zero-order valence-corrected chi connectivity index (χ0v) is 15.7. The summed E-state index contributed by atoms with van der Waals surface area (Å²) in [5.41, 5.74) is 8.16. The van der Waals surface area contributed by atoms with E-state index in [1.807, 2.05) is 6.07 Å². The zero-order valence-electron chi connectivity index (χ0n) is 14.9. The Morgan fingerprint density at radius 2 is 2.00 bits per heavy atom. The molecule has 0 radical (unpaired) electrons. The lowest BCUT2D eigenvalue weighted by atomic mass is 10.1. The molecule has 1 unspecified atom stereocenters. The molecule has 0 amide bonds. The molecule has 9 heteroatoms. The van der Waals surface area contributed by atoms with E-state index >= 15 is 0 Å². The van der Waals surface area contributed by atoms with E-state index < -0.39 is 6.04 Å². The highest BCUT2D eigenvalue weighted by Gasteiger charge is 2.25. The van der Waals surface area contributed by atoms with Crippen molar-refractivity contribution >= 4 is 34.7 Å². The van der Waals surface area contributed by atoms with Gasteiger partial charge in [-0.2, -0.15) is 5.10 Å². The van der Waals surface area contributed by atoms with Crippen LogP contribution in [-0.2, 0) is 0 Å². The predicted octanol–water partition coefficient (Wildman–Crippen LogP) is 3.95. The lowest BCUT2D eigenvalue weighted by molar-refractivity contribution is 0.276. The molecule has 1 saturated carbocycles. The molecule has 0 saturated heterocycles. The third-order valence-electron chi connectivity index (χ3n) is 4.63. The van der Waals surface area contributed by atoms with Crippen LogP contribution < -0.4 is 16.4 Å². The number of aliphatic hydroxyl groups excluding tert-OH is 1. The summed E-state index contributed by atoms with van der Waals surface area (Å²) in [6.45, 7) is -0.220. The Balaban J connectivity index is 1.56. The Bertz CT molecular complexity index is 973. The molecule has 1 atom stereocenters. The number of aromatic nitrogens is 3. The quantitative estimate of drug-likeness (QED) is 0.409. The summed E-state index contributed by atoms with van der Waals surface area (Å²) in [4.78, 5) is 4.45. The number of aromatic amines is 1. The molecule has 0 bridgehead atoms. The second-order valence-electron chi connectivity index (χ2n) is 6.80. The molecule has 1 aromatic carbocycles. The lowest BCUT2D eigenvalue weighted by Crippen LogP contribution is -2.17. The molecule has 2 aromatic heterocycles. The van der Waals surface area contributed by atoms with Crippen LogP contribution in [0.15, 0.2) is 36.4 Å². The van der Waals surface area contributed by atoms with E-state index in [4.69, 9.17) is 17.3 Å². The van der Waals surface area contributed by atoms with Crippen LogP contribution in [0.4, 0.5) is 27.5 Å². The van der Waals surface area contributed by atoms with Gasteiger partial charge in [0.25, 0.3) is 0 Å². The normalized spacial score (nSPS) is 14.7. The molecule has 7 nitrogen and oxygen atoms in total. The average Bonchev–Trinajstić information content (AvgIpc) is 3.43. The number of rotatable bonds is 7. The van der Waals surface area contributed by atoms with Gasteiger partial charge in [0.1, 0.15) is 5.82 Å². The largest absolute Gasteiger partial charge is 0.396 e. The summed E-state index contributed by atoms with van der Waals surface area (Å²) >= 11 is 6.28. The summed E-state index contributed by atoms with van der Waals surface area (Å²) < 4.78 is 13.2. The summed E-state index contributed by atoms with van der Waals surface area (Å²) in [6, 6.07) is 8.87. The molecular formula is C19H20ClFN6O. The number of hydrogen-bond acceptors (Lipinski definition) is 6. The van der Waals surface area contributed by atoms with Gasteiger partial charge in [0.2, 0.25) is 0 Å². The highest BCUT2D eigenvalue weighted by Crippen LogP contribution is 2.40. The SMILES string of the molecule is Nc1cc(Cl)c(Nc2cc(C3CC3)[nH]n2)nc1NC(CO)c1ccc(F)cc1. The highest BCUT2D eigenvalue weighted by atomic mass is 35.5. The van der Waals surface area contributed by atoms with E-state index in [-0.39, 0.29) is 12.4 Å². The number of anilines is 4. The second-order valence-corrected chi connectivity index (χ2v) is 7.20. The molecule has 1 aliphatic carbocycles. The van der Waals surface area contributed by atoms with Crippen molar-refractivity contribution in [2.24, 2.45) is 0 Å². The first-order chi connectivity index (χ1) is 13.5. The van der Waals surface area contributed by atoms with Crippen LogP contribution >= 0.6 is 11.6 Å². The maximum absolute atomic E-state index is 13.2. The van der Waals surface area contributed by atoms with Crippen LogP contribution in [0.1, 0.15) is 36.1 Å². The number of H-pyrrole nitrogens is 1. The van der Waals surface area contributed by atoms with Crippen molar-refractivity contribution in [1.29, 1.82) is 0 Å². The molecule has 2 heterocycles. The van der Waals surface area contributed by atoms with Gasteiger partial charge in [-0.05, 0) is 36.6 Å². The molecule has 1 aliphatic rings. The first kappa shape index (κ1) is 18.5. The smallest absolute Gasteiger partial charge is 0.153 e. The lowest BCUT2D eigenvalue weighted by Gasteiger charge is -2.19. The molecule has 146 valence electrons. The van der Waals surface area contributed by atoms with Gasteiger partial charge in [0, 0.05) is 17.7 Å². The van der Waals surface area contributed by atoms with E-state index in [0.717, 1.165) is 5.69 Å². The van der Waals surface area contributed by atoms with E-state index in [9.17, 15) is 9.50 Å². The van der Waals surface area contributed by atoms with Gasteiger partial charge < -0.3 is 21.5 Å². The molecule has 0 spiro atoms. The predicted molar refractivity (Wildman–Crippen MR) is 107 cm³/mol. The van der Waals surface area contributed by atoms with Crippen molar-refractivity contribution in [2.75, 3.05) is 23.0 Å². The Morgan fingerprint density at radius 1 is 1.25 bits per heavy atom. The summed E-state index contributed by atoms with van der Waals surface area (Å²) in [6.07, 6.45) is 2.34. The Morgan fingerprint density at radius 3 is 2.68 bits per heavy atom. The van der Waals surface area contributed by atoms with Gasteiger partial charge >= 0.3 is 0 Å². The summed E-state index contributed by atoms with van der Waals surface area (Å²) in [5.74, 6) is 1.57. The van der Waals surface area contributed by atoms with Crippen molar-refractivity contribution in [3.63, 3.8) is 0 Å². The van der Waals surface area contributed by atoms with Gasteiger partial charge in [-0.1, -0.05) is 23.7 Å². The number of pyridine rings is 1. The van der Waals surface area contributed by atoms with Crippen LogP contribution in [0.3, 0.4) is 0 Å². The fourth-order valence-electron chi connectivity index (χ4n) is 2.93. The van der Waals surface area contributed by atoms with Crippen molar-refractivity contribution in [3.8, 4) is 0 Å². The topological polar surface area (TPSA) is 112 Å². The molecule has 6 N–H and O–H groups in total. The van der Waals surface area contributed by atoms with Crippen LogP contribution in [0.5, 0.6) is 0 Å². The fraction of sp³-hybridized carbons (Fsp3) is 0.263. The van der Waals surface area contributed by atoms with Crippen molar-refractivity contribution in [3.05, 3.63) is 58.5 Å². The maximum Gasteiger partial charge on any atom is 0.153 e. The Kier molecular flexibility index (Phi) is 5.06. The number of nitrogens with two attached hydrogens (primary N) is 1. The van der Waals surface area contributed by atoms with Gasteiger partial charge in [0.05, 0.1) is 23.4 Å². The minimum absolute atomic E-state index is 0.220. The van der Waals surface area contributed by atoms with Crippen LogP contribution in [-0.4, -0.2) is 26.9 Å². The first-order valence-corrected chi connectivity index (χ1v) is 9.32. The third kappa shape index (κ3) is 4.02. The first-order valence-electron chi connectivity index (χ1n) is 8.94. The van der Waals surface area contributed by atoms with Gasteiger partial charge in [-0.15, -0.1) is 0 Å². The van der Waals surface area contributed by atoms with Crippen molar-refractivity contribution < 1.29 is 9.50 Å². The Labute approximate surface area is 166 Å². The fourth-order valence-corrected chi connectivity index (χ4v) is 3.13. The number of benzene rings is 1. The molecule has 28 heavy (non-hydrogen) atoms. The number of nitrogens with zero attached hydrogens (tertiary/aromatic N) is 2. The average molecular weight is 403 g/mol. The van der Waals surface area contributed by atoms with E-state index in [0.29, 0.717) is 39.6 Å². The molecular weight excluding hydrogens is 383 g/mol. The number of halogens is 2. The van der Waals surface area contributed by atoms with Crippen LogP contribution in [0, 0.1) is 5.82 Å². The van der Waals surface area contributed by atoms with Crippen molar-refractivity contribution in [1.82, 2.24) is 15.2 Å². The van der Waals surface area contributed by atoms with Crippen molar-refractivity contribution in [2.45, 2.75) is 24.8 Å². The molecule has 1 fully saturated rings. The standard InChI is InChI=1S/C19H20ClFN6O/c20-13-7-14(22)19(23-16(9-28)11-3-5-12(21)6-4-11)25-18(13)24-17-8-15(26-27-17)10-1-2-10/h3-8,10,16,28H,1-2,9,22H2,(H3,23,24,25,26,27). The molecule has 0 aliphatic heterocycles. The van der Waals surface area contributed by atoms with Crippen LogP contribution in [0.25, 0.3) is 0 Å². The molecule has 4 rings (SSSR count). The van der Waals surface area contributed by atoms with Gasteiger partial charge in [-0.25, -0.2) is 9.37 Å². The van der Waals surface area contributed by atoms with E-state index in [1.54, 1.807) is 18.2 Å². The summed E-state index contributed by atoms with van der Waals surface area (Å²) in [5, 5.41) is 23.5. The zero-order chi connectivity index (χ0) is 19.7. The van der Waals surface area contributed by atoms with E-state index in [2.05, 4.69) is 25.8 Å². The maximum atomic E-state index is 13.2. The second kappa shape index (κ2) is 7.65. The molecule has 3 aromatic rings. The highest BCUT2D eigenvalue weighted by molar-refractivity contribution is 6.33. The summed E-state index contributed by atoms with van der Waals surface area (Å²) in [7, 11) is 0. The minimum Gasteiger partial charge on any atom is -0.396 e. The van der Waals surface area contributed by atoms with E-state index in [1.165, 1.54) is 25.0 Å². The number of nitrogen functional groups attached to an aromatic ring is 1. The number of aliphatic hydroxyl groups is 1. The third-order valence-corrected chi connectivity index (χ3v) is 4.92. The number of hydrogen-bond donors (Lipinski definition) is 5. The van der Waals surface area contributed by atoms with Gasteiger partial charge in [-0.3, -0.25) is 5.10 Å². The Hall–Kier alpha value is -2.84. The van der Waals surface area contributed by atoms with Crippen LogP contribution in [0.2, 0.25) is 5.02 Å². The minimum atomic E-state index is -0.503. The monoisotopic (exact) mass is 402 g/mol. The van der Waals surface area contributed by atoms with Gasteiger partial charge in [0.15, 0.2) is 17.5 Å².